The van der Waals surface area contributed by atoms with E-state index in [2.05, 4.69) is 5.32 Å². The van der Waals surface area contributed by atoms with Crippen molar-refractivity contribution < 1.29 is 4.79 Å². The maximum atomic E-state index is 11.8. The van der Waals surface area contributed by atoms with E-state index in [9.17, 15) is 4.79 Å². The lowest BCUT2D eigenvalue weighted by molar-refractivity contribution is -0.130. The molecule has 3 aliphatic rings. The molecular weight excluding hydrogens is 188 g/mol. The minimum Gasteiger partial charge on any atom is -0.347 e. The van der Waals surface area contributed by atoms with E-state index in [1.807, 2.05) is 14.1 Å². The summed E-state index contributed by atoms with van der Waals surface area (Å²) < 4.78 is 0. The number of nitrogens with zero attached hydrogens (tertiary/aromatic N) is 1. The maximum Gasteiger partial charge on any atom is 0.239 e. The van der Waals surface area contributed by atoms with Crippen LogP contribution in [0.5, 0.6) is 0 Å². The van der Waals surface area contributed by atoms with Crippen LogP contribution in [0.3, 0.4) is 0 Å². The largest absolute Gasteiger partial charge is 0.347 e. The summed E-state index contributed by atoms with van der Waals surface area (Å²) in [7, 11) is 3.70. The molecular formula is C12H20N2O. The topological polar surface area (TPSA) is 32.3 Å². The molecule has 1 heterocycles. The van der Waals surface area contributed by atoms with Gasteiger partial charge in [0.15, 0.2) is 0 Å². The van der Waals surface area contributed by atoms with Crippen LogP contribution in [-0.2, 0) is 4.79 Å². The minimum atomic E-state index is 0.0972. The molecule has 15 heavy (non-hydrogen) atoms. The van der Waals surface area contributed by atoms with Crippen LogP contribution in [-0.4, -0.2) is 37.5 Å². The predicted molar refractivity (Wildman–Crippen MR) is 58.4 cm³/mol. The number of rotatable bonds is 1. The molecule has 1 aliphatic heterocycles. The zero-order chi connectivity index (χ0) is 10.7. The highest BCUT2D eigenvalue weighted by molar-refractivity contribution is 5.82. The summed E-state index contributed by atoms with van der Waals surface area (Å²) in [5, 5.41) is 3.42. The highest BCUT2D eigenvalue weighted by Crippen LogP contribution is 2.76. The SMILES string of the molecule is CN(C)C(=O)C1CC2(CN1)CC21CCC1. The van der Waals surface area contributed by atoms with E-state index in [0.717, 1.165) is 13.0 Å². The van der Waals surface area contributed by atoms with Gasteiger partial charge < -0.3 is 10.2 Å². The molecule has 2 spiro atoms. The van der Waals surface area contributed by atoms with Gasteiger partial charge in [-0.15, -0.1) is 0 Å². The average Bonchev–Trinajstić information content (AvgIpc) is 2.59. The van der Waals surface area contributed by atoms with Crippen LogP contribution < -0.4 is 5.32 Å². The lowest BCUT2D eigenvalue weighted by Crippen LogP contribution is -2.39. The number of carbonyl (C=O) groups is 1. The molecule has 2 saturated carbocycles. The van der Waals surface area contributed by atoms with Crippen molar-refractivity contribution in [1.82, 2.24) is 10.2 Å². The lowest BCUT2D eigenvalue weighted by Gasteiger charge is -2.30. The van der Waals surface area contributed by atoms with E-state index in [1.165, 1.54) is 25.7 Å². The zero-order valence-corrected chi connectivity index (χ0v) is 9.68. The molecule has 1 N–H and O–H groups in total. The standard InChI is InChI=1S/C12H20N2O/c1-14(2)10(15)9-6-12(8-13-9)7-11(12)4-3-5-11/h9,13H,3-8H2,1-2H3. The van der Waals surface area contributed by atoms with E-state index < -0.39 is 0 Å². The number of nitrogens with one attached hydrogen (secondary N) is 1. The second-order valence-corrected chi connectivity index (χ2v) is 5.96. The number of hydrogen-bond acceptors (Lipinski definition) is 2. The number of amides is 1. The molecule has 0 bridgehead atoms. The first-order valence-corrected chi connectivity index (χ1v) is 6.03. The Bertz CT molecular complexity index is 309. The fraction of sp³-hybridized carbons (Fsp3) is 0.917. The van der Waals surface area contributed by atoms with E-state index >= 15 is 0 Å². The average molecular weight is 208 g/mol. The Kier molecular flexibility index (Phi) is 1.77. The summed E-state index contributed by atoms with van der Waals surface area (Å²) in [5.41, 5.74) is 1.18. The van der Waals surface area contributed by atoms with E-state index in [0.29, 0.717) is 10.8 Å². The Morgan fingerprint density at radius 3 is 2.53 bits per heavy atom. The van der Waals surface area contributed by atoms with Gasteiger partial charge in [0.1, 0.15) is 0 Å². The Labute approximate surface area is 91.2 Å². The van der Waals surface area contributed by atoms with Crippen LogP contribution in [0.2, 0.25) is 0 Å². The summed E-state index contributed by atoms with van der Waals surface area (Å²) in [6.07, 6.45) is 6.71. The summed E-state index contributed by atoms with van der Waals surface area (Å²) in [5.74, 6) is 0.258. The Morgan fingerprint density at radius 1 is 1.33 bits per heavy atom. The monoisotopic (exact) mass is 208 g/mol. The molecule has 0 aromatic heterocycles. The zero-order valence-electron chi connectivity index (χ0n) is 9.68. The first kappa shape index (κ1) is 9.64. The molecule has 2 aliphatic carbocycles. The molecule has 3 rings (SSSR count). The van der Waals surface area contributed by atoms with Crippen molar-refractivity contribution in [3.05, 3.63) is 0 Å². The third-order valence-electron chi connectivity index (χ3n) is 5.01. The van der Waals surface area contributed by atoms with Crippen molar-refractivity contribution in [3.63, 3.8) is 0 Å². The molecule has 3 nitrogen and oxygen atoms in total. The van der Waals surface area contributed by atoms with Crippen LogP contribution in [0.25, 0.3) is 0 Å². The highest BCUT2D eigenvalue weighted by Gasteiger charge is 2.71. The van der Waals surface area contributed by atoms with E-state index in [-0.39, 0.29) is 11.9 Å². The van der Waals surface area contributed by atoms with Gasteiger partial charge in [0.05, 0.1) is 6.04 Å². The Morgan fingerprint density at radius 2 is 2.07 bits per heavy atom. The quantitative estimate of drug-likeness (QED) is 0.697. The van der Waals surface area contributed by atoms with Crippen molar-refractivity contribution in [1.29, 1.82) is 0 Å². The number of carbonyl (C=O) groups excluding carboxylic acids is 1. The molecule has 2 atom stereocenters. The second kappa shape index (κ2) is 2.76. The van der Waals surface area contributed by atoms with Gasteiger partial charge in [0.25, 0.3) is 0 Å². The molecule has 2 unspecified atom stereocenters. The molecule has 3 fully saturated rings. The lowest BCUT2D eigenvalue weighted by atomic mass is 9.74. The van der Waals surface area contributed by atoms with Gasteiger partial charge >= 0.3 is 0 Å². The van der Waals surface area contributed by atoms with Gasteiger partial charge in [0, 0.05) is 20.6 Å². The molecule has 3 heteroatoms. The molecule has 0 radical (unpaired) electrons. The second-order valence-electron chi connectivity index (χ2n) is 5.96. The third-order valence-corrected chi connectivity index (χ3v) is 5.01. The number of hydrogen-bond donors (Lipinski definition) is 1. The molecule has 1 saturated heterocycles. The van der Waals surface area contributed by atoms with Gasteiger partial charge in [-0.2, -0.15) is 0 Å². The van der Waals surface area contributed by atoms with Crippen LogP contribution in [0.4, 0.5) is 0 Å². The number of fused-ring (bicyclic) bond motifs is 1. The van der Waals surface area contributed by atoms with Crippen molar-refractivity contribution in [2.75, 3.05) is 20.6 Å². The van der Waals surface area contributed by atoms with Gasteiger partial charge in [-0.05, 0) is 36.5 Å². The highest BCUT2D eigenvalue weighted by atomic mass is 16.2. The van der Waals surface area contributed by atoms with Crippen molar-refractivity contribution in [2.45, 2.75) is 38.1 Å². The number of likely N-dealkylation sites (N-methyl/N-ethyl adjacent to an activating group) is 1. The van der Waals surface area contributed by atoms with Gasteiger partial charge in [-0.25, -0.2) is 0 Å². The fourth-order valence-corrected chi connectivity index (χ4v) is 3.79. The summed E-state index contributed by atoms with van der Waals surface area (Å²) in [4.78, 5) is 13.6. The molecule has 0 aromatic carbocycles. The fourth-order valence-electron chi connectivity index (χ4n) is 3.79. The third kappa shape index (κ3) is 1.13. The van der Waals surface area contributed by atoms with Crippen LogP contribution >= 0.6 is 0 Å². The van der Waals surface area contributed by atoms with Gasteiger partial charge in [0.2, 0.25) is 5.91 Å². The van der Waals surface area contributed by atoms with Crippen LogP contribution in [0, 0.1) is 10.8 Å². The Hall–Kier alpha value is -0.570. The normalized spacial score (nSPS) is 40.5. The van der Waals surface area contributed by atoms with Crippen LogP contribution in [0.15, 0.2) is 0 Å². The molecule has 1 amide bonds. The van der Waals surface area contributed by atoms with Gasteiger partial charge in [-0.1, -0.05) is 6.42 Å². The van der Waals surface area contributed by atoms with Crippen molar-refractivity contribution in [3.8, 4) is 0 Å². The summed E-state index contributed by atoms with van der Waals surface area (Å²) >= 11 is 0. The van der Waals surface area contributed by atoms with Crippen molar-refractivity contribution in [2.24, 2.45) is 10.8 Å². The smallest absolute Gasteiger partial charge is 0.239 e. The van der Waals surface area contributed by atoms with Crippen molar-refractivity contribution >= 4 is 5.91 Å². The first-order chi connectivity index (χ1) is 7.09. The molecule has 84 valence electrons. The van der Waals surface area contributed by atoms with Crippen LogP contribution in [0.1, 0.15) is 32.1 Å². The maximum absolute atomic E-state index is 11.8. The van der Waals surface area contributed by atoms with E-state index in [4.69, 9.17) is 0 Å². The Balaban J connectivity index is 1.67. The van der Waals surface area contributed by atoms with Gasteiger partial charge in [-0.3, -0.25) is 4.79 Å². The summed E-state index contributed by atoms with van der Waals surface area (Å²) in [6, 6.07) is 0.0972. The predicted octanol–water partition coefficient (Wildman–Crippen LogP) is 0.997. The molecule has 0 aromatic rings. The van der Waals surface area contributed by atoms with E-state index in [1.54, 1.807) is 4.90 Å². The minimum absolute atomic E-state index is 0.0972. The first-order valence-electron chi connectivity index (χ1n) is 6.03. The summed E-state index contributed by atoms with van der Waals surface area (Å²) in [6.45, 7) is 1.08.